The first-order chi connectivity index (χ1) is 12.9. The minimum atomic E-state index is -0.157. The van der Waals surface area contributed by atoms with Crippen molar-refractivity contribution >= 4 is 27.7 Å². The second kappa shape index (κ2) is 8.17. The number of furan rings is 1. The molecule has 1 saturated heterocycles. The third-order valence-electron chi connectivity index (χ3n) is 4.92. The lowest BCUT2D eigenvalue weighted by Gasteiger charge is -2.34. The van der Waals surface area contributed by atoms with Crippen molar-refractivity contribution in [2.24, 2.45) is 0 Å². The van der Waals surface area contributed by atoms with E-state index in [4.69, 9.17) is 9.15 Å². The molecule has 1 fully saturated rings. The first-order valence-corrected chi connectivity index (χ1v) is 9.68. The lowest BCUT2D eigenvalue weighted by molar-refractivity contribution is -0.134. The monoisotopic (exact) mass is 434 g/mol. The van der Waals surface area contributed by atoms with Gasteiger partial charge in [0.25, 0.3) is 11.8 Å². The lowest BCUT2D eigenvalue weighted by atomic mass is 10.1. The number of ether oxygens (including phenoxy) is 1. The molecule has 3 rings (SSSR count). The molecule has 144 valence electrons. The first-order valence-electron chi connectivity index (χ1n) is 8.89. The maximum atomic E-state index is 12.5. The van der Waals surface area contributed by atoms with E-state index in [2.05, 4.69) is 15.9 Å². The Morgan fingerprint density at radius 3 is 2.26 bits per heavy atom. The minimum Gasteiger partial charge on any atom is -0.483 e. The Morgan fingerprint density at radius 1 is 1.00 bits per heavy atom. The Hall–Kier alpha value is -2.28. The molecular weight excluding hydrogens is 412 g/mol. The van der Waals surface area contributed by atoms with E-state index in [0.29, 0.717) is 36.6 Å². The predicted molar refractivity (Wildman–Crippen MR) is 105 cm³/mol. The summed E-state index contributed by atoms with van der Waals surface area (Å²) >= 11 is 3.20. The van der Waals surface area contributed by atoms with Crippen LogP contribution in [-0.4, -0.2) is 54.4 Å². The van der Waals surface area contributed by atoms with Gasteiger partial charge >= 0.3 is 0 Å². The second-order valence-electron chi connectivity index (χ2n) is 6.72. The van der Waals surface area contributed by atoms with Gasteiger partial charge in [0.1, 0.15) is 5.75 Å². The Bertz CT molecular complexity index is 854. The highest BCUT2D eigenvalue weighted by atomic mass is 79.9. The molecule has 1 aromatic heterocycles. The van der Waals surface area contributed by atoms with Gasteiger partial charge in [-0.25, -0.2) is 0 Å². The lowest BCUT2D eigenvalue weighted by Crippen LogP contribution is -2.51. The first kappa shape index (κ1) is 19.5. The van der Waals surface area contributed by atoms with E-state index >= 15 is 0 Å². The molecule has 7 heteroatoms. The zero-order valence-electron chi connectivity index (χ0n) is 15.8. The zero-order valence-corrected chi connectivity index (χ0v) is 17.3. The van der Waals surface area contributed by atoms with Crippen LogP contribution in [0.1, 0.15) is 27.2 Å². The normalized spacial score (nSPS) is 14.4. The molecule has 0 spiro atoms. The molecule has 0 saturated carbocycles. The maximum Gasteiger partial charge on any atom is 0.289 e. The average Bonchev–Trinajstić information content (AvgIpc) is 3.10. The Morgan fingerprint density at radius 2 is 1.63 bits per heavy atom. The van der Waals surface area contributed by atoms with E-state index in [-0.39, 0.29) is 18.4 Å². The SMILES string of the molecule is Cc1ccc(C)c(OCC(=O)N2CCN(C(=O)c3ccc(Br)o3)CC2)c1C. The van der Waals surface area contributed by atoms with Gasteiger partial charge in [-0.3, -0.25) is 9.59 Å². The van der Waals surface area contributed by atoms with Crippen molar-refractivity contribution < 1.29 is 18.7 Å². The second-order valence-corrected chi connectivity index (χ2v) is 7.50. The van der Waals surface area contributed by atoms with Crippen molar-refractivity contribution in [3.63, 3.8) is 0 Å². The molecule has 2 heterocycles. The molecule has 0 unspecified atom stereocenters. The van der Waals surface area contributed by atoms with Crippen LogP contribution in [0.15, 0.2) is 33.4 Å². The van der Waals surface area contributed by atoms with Crippen LogP contribution in [0.4, 0.5) is 0 Å². The highest BCUT2D eigenvalue weighted by Crippen LogP contribution is 2.25. The number of benzene rings is 1. The molecule has 0 N–H and O–H groups in total. The quantitative estimate of drug-likeness (QED) is 0.739. The Kier molecular flexibility index (Phi) is 5.89. The summed E-state index contributed by atoms with van der Waals surface area (Å²) in [6.07, 6.45) is 0. The molecule has 2 aromatic rings. The van der Waals surface area contributed by atoms with Crippen LogP contribution in [0.2, 0.25) is 0 Å². The number of halogens is 1. The van der Waals surface area contributed by atoms with Gasteiger partial charge in [0, 0.05) is 26.2 Å². The zero-order chi connectivity index (χ0) is 19.6. The summed E-state index contributed by atoms with van der Waals surface area (Å²) in [6.45, 7) is 7.94. The third kappa shape index (κ3) is 4.35. The fraction of sp³-hybridized carbons (Fsp3) is 0.400. The van der Waals surface area contributed by atoms with Crippen molar-refractivity contribution in [3.05, 3.63) is 51.4 Å². The van der Waals surface area contributed by atoms with Crippen molar-refractivity contribution in [2.45, 2.75) is 20.8 Å². The molecule has 27 heavy (non-hydrogen) atoms. The Labute approximate surface area is 167 Å². The van der Waals surface area contributed by atoms with Gasteiger partial charge in [0.05, 0.1) is 0 Å². The molecule has 0 radical (unpaired) electrons. The van der Waals surface area contributed by atoms with Crippen LogP contribution in [0, 0.1) is 20.8 Å². The number of carbonyl (C=O) groups is 2. The van der Waals surface area contributed by atoms with Gasteiger partial charge in [-0.2, -0.15) is 0 Å². The average molecular weight is 435 g/mol. The summed E-state index contributed by atoms with van der Waals surface area (Å²) < 4.78 is 11.7. The van der Waals surface area contributed by atoms with Gasteiger partial charge in [-0.05, 0) is 65.5 Å². The minimum absolute atomic E-state index is 0.00418. The summed E-state index contributed by atoms with van der Waals surface area (Å²) in [5, 5.41) is 0. The van der Waals surface area contributed by atoms with Crippen molar-refractivity contribution in [2.75, 3.05) is 32.8 Å². The van der Waals surface area contributed by atoms with Crippen molar-refractivity contribution in [3.8, 4) is 5.75 Å². The molecule has 0 bridgehead atoms. The highest BCUT2D eigenvalue weighted by Gasteiger charge is 2.26. The largest absolute Gasteiger partial charge is 0.483 e. The Balaban J connectivity index is 1.53. The number of hydrogen-bond acceptors (Lipinski definition) is 4. The van der Waals surface area contributed by atoms with E-state index < -0.39 is 0 Å². The maximum absolute atomic E-state index is 12.5. The molecular formula is C20H23BrN2O4. The molecule has 0 aliphatic carbocycles. The van der Waals surface area contributed by atoms with Gasteiger partial charge in [0.15, 0.2) is 17.0 Å². The van der Waals surface area contributed by atoms with E-state index in [9.17, 15) is 9.59 Å². The number of amides is 2. The van der Waals surface area contributed by atoms with Crippen LogP contribution < -0.4 is 4.74 Å². The predicted octanol–water partition coefficient (Wildman–Crippen LogP) is 3.33. The summed E-state index contributed by atoms with van der Waals surface area (Å²) in [5.74, 6) is 0.856. The number of hydrogen-bond donors (Lipinski definition) is 0. The fourth-order valence-corrected chi connectivity index (χ4v) is 3.42. The van der Waals surface area contributed by atoms with E-state index in [1.54, 1.807) is 21.9 Å². The van der Waals surface area contributed by atoms with Crippen LogP contribution in [0.5, 0.6) is 5.75 Å². The van der Waals surface area contributed by atoms with E-state index in [1.807, 2.05) is 32.9 Å². The molecule has 2 amide bonds. The number of rotatable bonds is 4. The summed E-state index contributed by atoms with van der Waals surface area (Å²) in [6, 6.07) is 7.39. The van der Waals surface area contributed by atoms with Crippen molar-refractivity contribution in [1.29, 1.82) is 0 Å². The van der Waals surface area contributed by atoms with Gasteiger partial charge < -0.3 is 19.0 Å². The van der Waals surface area contributed by atoms with Gasteiger partial charge in [0.2, 0.25) is 0 Å². The highest BCUT2D eigenvalue weighted by molar-refractivity contribution is 9.10. The number of nitrogens with zero attached hydrogens (tertiary/aromatic N) is 2. The standard InChI is InChI=1S/C20H23BrN2O4/c1-13-4-5-14(2)19(15(13)3)26-12-18(24)22-8-10-23(11-9-22)20(25)16-6-7-17(21)27-16/h4-7H,8-12H2,1-3H3. The van der Waals surface area contributed by atoms with Crippen molar-refractivity contribution in [1.82, 2.24) is 9.80 Å². The summed E-state index contributed by atoms with van der Waals surface area (Å²) in [4.78, 5) is 28.3. The van der Waals surface area contributed by atoms with E-state index in [0.717, 1.165) is 22.4 Å². The number of aryl methyl sites for hydroxylation is 2. The van der Waals surface area contributed by atoms with Gasteiger partial charge in [-0.1, -0.05) is 12.1 Å². The molecule has 1 aliphatic heterocycles. The summed E-state index contributed by atoms with van der Waals surface area (Å²) in [7, 11) is 0. The van der Waals surface area contributed by atoms with Crippen LogP contribution in [-0.2, 0) is 4.79 Å². The smallest absolute Gasteiger partial charge is 0.289 e. The number of piperazine rings is 1. The fourth-order valence-electron chi connectivity index (χ4n) is 3.12. The third-order valence-corrected chi connectivity index (χ3v) is 5.34. The summed E-state index contributed by atoms with van der Waals surface area (Å²) in [5.41, 5.74) is 3.22. The molecule has 6 nitrogen and oxygen atoms in total. The van der Waals surface area contributed by atoms with Crippen LogP contribution in [0.25, 0.3) is 0 Å². The van der Waals surface area contributed by atoms with E-state index in [1.165, 1.54) is 0 Å². The van der Waals surface area contributed by atoms with Crippen LogP contribution >= 0.6 is 15.9 Å². The molecule has 0 atom stereocenters. The van der Waals surface area contributed by atoms with Gasteiger partial charge in [-0.15, -0.1) is 0 Å². The number of carbonyl (C=O) groups excluding carboxylic acids is 2. The topological polar surface area (TPSA) is 63.0 Å². The van der Waals surface area contributed by atoms with Crippen LogP contribution in [0.3, 0.4) is 0 Å². The molecule has 1 aliphatic rings. The molecule has 1 aromatic carbocycles.